The van der Waals surface area contributed by atoms with E-state index in [0.29, 0.717) is 17.7 Å². The highest BCUT2D eigenvalue weighted by molar-refractivity contribution is 5.71. The minimum atomic E-state index is -0.651. The number of hydrogen-bond donors (Lipinski definition) is 1. The quantitative estimate of drug-likeness (QED) is 0.190. The summed E-state index contributed by atoms with van der Waals surface area (Å²) in [5, 5.41) is 30.3. The van der Waals surface area contributed by atoms with Crippen LogP contribution in [0.3, 0.4) is 0 Å². The van der Waals surface area contributed by atoms with Gasteiger partial charge in [-0.2, -0.15) is 0 Å². The zero-order valence-corrected chi connectivity index (χ0v) is 9.95. The Morgan fingerprint density at radius 2 is 1.94 bits per heavy atom. The van der Waals surface area contributed by atoms with E-state index in [1.54, 1.807) is 0 Å². The average molecular weight is 256 g/mol. The van der Waals surface area contributed by atoms with E-state index < -0.39 is 4.92 Å². The van der Waals surface area contributed by atoms with E-state index in [1.807, 2.05) is 0 Å². The number of hydroxylamine groups is 1. The Labute approximate surface area is 104 Å². The van der Waals surface area contributed by atoms with Crippen LogP contribution in [0.5, 0.6) is 0 Å². The Kier molecular flexibility index (Phi) is 5.86. The van der Waals surface area contributed by atoms with E-state index in [4.69, 9.17) is 9.52 Å². The maximum absolute atomic E-state index is 11.4. The van der Waals surface area contributed by atoms with Crippen molar-refractivity contribution in [2.75, 3.05) is 13.2 Å². The standard InChI is InChI=1S/C11H16N2O5/c14-8-4-2-1-3-7-12(15)9-10-5-6-11(18-10)13(16)17/h5-6,9,14H,1-4,7-8H2/b12-9-. The first-order chi connectivity index (χ1) is 8.63. The molecule has 1 aromatic heterocycles. The summed E-state index contributed by atoms with van der Waals surface area (Å²) in [6, 6.07) is 2.59. The van der Waals surface area contributed by atoms with Crippen molar-refractivity contribution in [3.63, 3.8) is 0 Å². The molecule has 1 N–H and O–H groups in total. The monoisotopic (exact) mass is 256 g/mol. The normalized spacial score (nSPS) is 11.7. The number of aliphatic hydroxyl groups excluding tert-OH is 1. The number of nitrogens with zero attached hydrogens (tertiary/aromatic N) is 2. The third kappa shape index (κ3) is 4.96. The first-order valence-corrected chi connectivity index (χ1v) is 5.77. The van der Waals surface area contributed by atoms with Crippen LogP contribution in [0.25, 0.3) is 0 Å². The van der Waals surface area contributed by atoms with E-state index in [2.05, 4.69) is 0 Å². The van der Waals surface area contributed by atoms with E-state index in [9.17, 15) is 15.3 Å². The predicted molar refractivity (Wildman–Crippen MR) is 64.6 cm³/mol. The first kappa shape index (κ1) is 14.2. The van der Waals surface area contributed by atoms with E-state index >= 15 is 0 Å². The van der Waals surface area contributed by atoms with Crippen LogP contribution in [0, 0.1) is 15.3 Å². The van der Waals surface area contributed by atoms with Gasteiger partial charge in [0.25, 0.3) is 0 Å². The van der Waals surface area contributed by atoms with Crippen LogP contribution in [-0.4, -0.2) is 34.1 Å². The lowest BCUT2D eigenvalue weighted by Gasteiger charge is -2.02. The Bertz CT molecular complexity index is 413. The Hall–Kier alpha value is -1.89. The van der Waals surface area contributed by atoms with Gasteiger partial charge in [-0.05, 0) is 18.9 Å². The summed E-state index contributed by atoms with van der Waals surface area (Å²) in [6.07, 6.45) is 4.40. The molecule has 0 aliphatic rings. The molecule has 1 heterocycles. The van der Waals surface area contributed by atoms with Gasteiger partial charge in [-0.15, -0.1) is 0 Å². The summed E-state index contributed by atoms with van der Waals surface area (Å²) in [7, 11) is 0. The number of nitro groups is 1. The van der Waals surface area contributed by atoms with Crippen molar-refractivity contribution in [3.05, 3.63) is 33.2 Å². The summed E-state index contributed by atoms with van der Waals surface area (Å²) < 4.78 is 5.53. The fourth-order valence-corrected chi connectivity index (χ4v) is 1.45. The van der Waals surface area contributed by atoms with Crippen molar-refractivity contribution in [2.45, 2.75) is 25.7 Å². The second kappa shape index (κ2) is 7.44. The molecule has 0 fully saturated rings. The Morgan fingerprint density at radius 1 is 1.22 bits per heavy atom. The van der Waals surface area contributed by atoms with E-state index in [0.717, 1.165) is 19.3 Å². The molecule has 0 atom stereocenters. The topological polar surface area (TPSA) is 103 Å². The number of hydrogen-bond acceptors (Lipinski definition) is 5. The molecule has 0 aliphatic carbocycles. The highest BCUT2D eigenvalue weighted by Gasteiger charge is 2.12. The van der Waals surface area contributed by atoms with Gasteiger partial charge in [-0.25, -0.2) is 4.74 Å². The van der Waals surface area contributed by atoms with Gasteiger partial charge in [0.2, 0.25) is 6.21 Å². The highest BCUT2D eigenvalue weighted by Crippen LogP contribution is 2.13. The first-order valence-electron chi connectivity index (χ1n) is 5.77. The lowest BCUT2D eigenvalue weighted by atomic mass is 10.2. The van der Waals surface area contributed by atoms with E-state index in [1.165, 1.54) is 18.3 Å². The molecule has 18 heavy (non-hydrogen) atoms. The van der Waals surface area contributed by atoms with Gasteiger partial charge in [0.05, 0.1) is 6.07 Å². The molecular weight excluding hydrogens is 240 g/mol. The van der Waals surface area contributed by atoms with Gasteiger partial charge in [0, 0.05) is 13.0 Å². The molecule has 0 bridgehead atoms. The lowest BCUT2D eigenvalue weighted by Crippen LogP contribution is -2.07. The number of furan rings is 1. The molecule has 0 aliphatic heterocycles. The molecule has 0 aromatic carbocycles. The van der Waals surface area contributed by atoms with Gasteiger partial charge in [0.1, 0.15) is 4.92 Å². The largest absolute Gasteiger partial charge is 0.624 e. The van der Waals surface area contributed by atoms with Crippen LogP contribution >= 0.6 is 0 Å². The summed E-state index contributed by atoms with van der Waals surface area (Å²) in [5.74, 6) is -0.204. The van der Waals surface area contributed by atoms with Crippen LogP contribution in [0.1, 0.15) is 31.4 Å². The molecule has 100 valence electrons. The number of unbranched alkanes of at least 4 members (excludes halogenated alkanes) is 3. The second-order valence-electron chi connectivity index (χ2n) is 3.84. The summed E-state index contributed by atoms with van der Waals surface area (Å²) in [4.78, 5) is 9.71. The molecule has 0 radical (unpaired) electrons. The second-order valence-corrected chi connectivity index (χ2v) is 3.84. The molecule has 1 rings (SSSR count). The Morgan fingerprint density at radius 3 is 2.56 bits per heavy atom. The molecule has 0 spiro atoms. The molecule has 0 amide bonds. The summed E-state index contributed by atoms with van der Waals surface area (Å²) in [6.45, 7) is 0.475. The van der Waals surface area contributed by atoms with Crippen LogP contribution in [0.4, 0.5) is 5.88 Å². The van der Waals surface area contributed by atoms with Crippen molar-refractivity contribution < 1.29 is 19.2 Å². The third-order valence-electron chi connectivity index (χ3n) is 2.35. The summed E-state index contributed by atoms with van der Waals surface area (Å²) in [5.41, 5.74) is 0. The smallest absolute Gasteiger partial charge is 0.433 e. The van der Waals surface area contributed by atoms with Crippen LogP contribution < -0.4 is 0 Å². The maximum atomic E-state index is 11.4. The molecule has 0 unspecified atom stereocenters. The van der Waals surface area contributed by atoms with E-state index in [-0.39, 0.29) is 18.3 Å². The van der Waals surface area contributed by atoms with Crippen molar-refractivity contribution in [2.24, 2.45) is 0 Å². The molecule has 7 heteroatoms. The van der Waals surface area contributed by atoms with Crippen LogP contribution in [0.2, 0.25) is 0 Å². The fraction of sp³-hybridized carbons (Fsp3) is 0.545. The van der Waals surface area contributed by atoms with Gasteiger partial charge in [0.15, 0.2) is 12.3 Å². The van der Waals surface area contributed by atoms with Gasteiger partial charge in [-0.1, -0.05) is 6.42 Å². The molecule has 7 nitrogen and oxygen atoms in total. The third-order valence-corrected chi connectivity index (χ3v) is 2.35. The molecule has 0 saturated carbocycles. The van der Waals surface area contributed by atoms with Crippen LogP contribution in [-0.2, 0) is 0 Å². The van der Waals surface area contributed by atoms with Gasteiger partial charge >= 0.3 is 5.88 Å². The average Bonchev–Trinajstić information content (AvgIpc) is 2.77. The number of aliphatic hydroxyl groups is 1. The van der Waals surface area contributed by atoms with Crippen molar-refractivity contribution in [1.82, 2.24) is 0 Å². The molecule has 1 aromatic rings. The van der Waals surface area contributed by atoms with Crippen molar-refractivity contribution in [3.8, 4) is 0 Å². The van der Waals surface area contributed by atoms with Gasteiger partial charge in [-0.3, -0.25) is 10.1 Å². The van der Waals surface area contributed by atoms with Crippen molar-refractivity contribution >= 4 is 12.1 Å². The summed E-state index contributed by atoms with van der Waals surface area (Å²) >= 11 is 0. The molecule has 0 saturated heterocycles. The van der Waals surface area contributed by atoms with Gasteiger partial charge < -0.3 is 14.7 Å². The fourth-order valence-electron chi connectivity index (χ4n) is 1.45. The molecular formula is C11H16N2O5. The van der Waals surface area contributed by atoms with Crippen molar-refractivity contribution in [1.29, 1.82) is 0 Å². The SMILES string of the molecule is O=[N+]([O-])c1ccc(/C=[N+](\[O-])CCCCCCO)o1. The lowest BCUT2D eigenvalue weighted by molar-refractivity contribution is -0.453. The minimum Gasteiger partial charge on any atom is -0.624 e. The zero-order valence-electron chi connectivity index (χ0n) is 9.95. The zero-order chi connectivity index (χ0) is 13.4. The highest BCUT2D eigenvalue weighted by atomic mass is 16.6. The number of rotatable bonds is 8. The minimum absolute atomic E-state index is 0.170. The maximum Gasteiger partial charge on any atom is 0.433 e. The Balaban J connectivity index is 2.37. The van der Waals surface area contributed by atoms with Crippen LogP contribution in [0.15, 0.2) is 16.5 Å². The predicted octanol–water partition coefficient (Wildman–Crippen LogP) is 1.67.